The Kier molecular flexibility index (Phi) is 5.09. The Morgan fingerprint density at radius 2 is 1.79 bits per heavy atom. The van der Waals surface area contributed by atoms with E-state index in [1.807, 2.05) is 54.6 Å². The van der Waals surface area contributed by atoms with Crippen LogP contribution in [0.25, 0.3) is 11.3 Å². The van der Waals surface area contributed by atoms with E-state index in [-0.39, 0.29) is 18.1 Å². The summed E-state index contributed by atoms with van der Waals surface area (Å²) in [5.41, 5.74) is 3.08. The van der Waals surface area contributed by atoms with E-state index >= 15 is 0 Å². The van der Waals surface area contributed by atoms with Crippen molar-refractivity contribution in [1.29, 1.82) is 0 Å². The fourth-order valence-corrected chi connectivity index (χ4v) is 5.46. The number of hydrogen-bond acceptors (Lipinski definition) is 6. The average Bonchev–Trinajstić information content (AvgIpc) is 3.28. The van der Waals surface area contributed by atoms with Crippen molar-refractivity contribution in [3.8, 4) is 0 Å². The number of benzene rings is 2. The number of para-hydroxylation sites is 1. The van der Waals surface area contributed by atoms with Crippen LogP contribution in [-0.2, 0) is 14.3 Å². The van der Waals surface area contributed by atoms with Crippen LogP contribution in [0, 0.1) is 0 Å². The second-order valence-corrected chi connectivity index (χ2v) is 8.75. The van der Waals surface area contributed by atoms with E-state index in [4.69, 9.17) is 9.73 Å². The molecule has 0 fully saturated rings. The van der Waals surface area contributed by atoms with Gasteiger partial charge in [-0.05, 0) is 25.5 Å². The zero-order chi connectivity index (χ0) is 23.3. The molecule has 1 aromatic heterocycles. The molecule has 0 aliphatic carbocycles. The van der Waals surface area contributed by atoms with Crippen LogP contribution in [0.5, 0.6) is 0 Å². The Bertz CT molecular complexity index is 1510. The van der Waals surface area contributed by atoms with Gasteiger partial charge < -0.3 is 9.64 Å². The van der Waals surface area contributed by atoms with E-state index in [2.05, 4.69) is 0 Å². The van der Waals surface area contributed by atoms with Gasteiger partial charge in [0.15, 0.2) is 4.80 Å². The number of anilines is 1. The number of amides is 1. The topological polar surface area (TPSA) is 81.0 Å². The van der Waals surface area contributed by atoms with Crippen molar-refractivity contribution in [3.05, 3.63) is 91.0 Å². The summed E-state index contributed by atoms with van der Waals surface area (Å²) in [5.74, 6) is -0.744. The van der Waals surface area contributed by atoms with Crippen LogP contribution in [0.2, 0.25) is 0 Å². The molecule has 0 spiro atoms. The van der Waals surface area contributed by atoms with Crippen molar-refractivity contribution in [2.24, 2.45) is 4.99 Å². The second kappa shape index (κ2) is 7.97. The van der Waals surface area contributed by atoms with Crippen molar-refractivity contribution in [2.45, 2.75) is 19.9 Å². The van der Waals surface area contributed by atoms with Gasteiger partial charge in [-0.15, -0.1) is 0 Å². The van der Waals surface area contributed by atoms with Gasteiger partial charge in [0.25, 0.3) is 11.5 Å². The highest BCUT2D eigenvalue weighted by atomic mass is 32.1. The van der Waals surface area contributed by atoms with Crippen LogP contribution in [-0.4, -0.2) is 30.1 Å². The van der Waals surface area contributed by atoms with Gasteiger partial charge in [-0.25, -0.2) is 9.79 Å². The second-order valence-electron chi connectivity index (χ2n) is 7.77. The van der Waals surface area contributed by atoms with Crippen LogP contribution >= 0.6 is 11.3 Å². The molecule has 0 saturated carbocycles. The number of hydrogen-bond donors (Lipinski definition) is 0. The number of aromatic nitrogens is 1. The molecule has 2 aromatic carbocycles. The highest BCUT2D eigenvalue weighted by molar-refractivity contribution is 7.07. The summed E-state index contributed by atoms with van der Waals surface area (Å²) in [6.45, 7) is 3.67. The Morgan fingerprint density at radius 1 is 1.09 bits per heavy atom. The van der Waals surface area contributed by atoms with Gasteiger partial charge in [0.1, 0.15) is 10.6 Å². The average molecular weight is 460 g/mol. The van der Waals surface area contributed by atoms with E-state index < -0.39 is 12.0 Å². The van der Waals surface area contributed by atoms with Crippen molar-refractivity contribution in [1.82, 2.24) is 4.57 Å². The summed E-state index contributed by atoms with van der Waals surface area (Å²) in [6, 6.07) is 16.2. The van der Waals surface area contributed by atoms with Crippen molar-refractivity contribution >= 4 is 40.2 Å². The number of thiazole rings is 1. The number of fused-ring (bicyclic) bond motifs is 2. The maximum Gasteiger partial charge on any atom is 0.338 e. The van der Waals surface area contributed by atoms with Gasteiger partial charge in [0.05, 0.1) is 23.4 Å². The van der Waals surface area contributed by atoms with Crippen LogP contribution in [0.4, 0.5) is 5.69 Å². The molecule has 1 atom stereocenters. The van der Waals surface area contributed by atoms with Crippen molar-refractivity contribution in [3.63, 3.8) is 0 Å². The van der Waals surface area contributed by atoms with Crippen LogP contribution in [0.15, 0.2) is 70.0 Å². The van der Waals surface area contributed by atoms with Gasteiger partial charge in [-0.1, -0.05) is 59.9 Å². The molecule has 5 rings (SSSR count). The molecule has 166 valence electrons. The monoisotopic (exact) mass is 459 g/mol. The van der Waals surface area contributed by atoms with E-state index in [9.17, 15) is 14.4 Å². The molecule has 0 bridgehead atoms. The lowest BCUT2D eigenvalue weighted by molar-refractivity contribution is -0.138. The number of allylic oxidation sites excluding steroid dienone is 1. The highest BCUT2D eigenvalue weighted by Crippen LogP contribution is 2.34. The first-order valence-corrected chi connectivity index (χ1v) is 11.4. The summed E-state index contributed by atoms with van der Waals surface area (Å²) in [7, 11) is 1.69. The number of nitrogens with zero attached hydrogens (tertiary/aromatic N) is 3. The number of ether oxygens (including phenoxy) is 1. The number of esters is 1. The number of likely N-dealkylation sites (N-methyl/N-ethyl adjacent to an activating group) is 1. The Balaban J connectivity index is 1.83. The molecule has 2 aliphatic heterocycles. The number of carbonyl (C=O) groups is 2. The molecule has 1 amide bonds. The molecular weight excluding hydrogens is 438 g/mol. The molecule has 1 unspecified atom stereocenters. The summed E-state index contributed by atoms with van der Waals surface area (Å²) in [4.78, 5) is 46.4. The third-order valence-electron chi connectivity index (χ3n) is 5.91. The minimum atomic E-state index is -0.601. The maximum absolute atomic E-state index is 13.6. The molecular formula is C25H21N3O4S. The molecule has 2 aliphatic rings. The van der Waals surface area contributed by atoms with Gasteiger partial charge in [0.2, 0.25) is 0 Å². The van der Waals surface area contributed by atoms with Gasteiger partial charge >= 0.3 is 5.97 Å². The number of rotatable bonds is 3. The molecule has 3 aromatic rings. The SMILES string of the molecule is CCOC(=O)C1=C(C)n2c(sc(=C3C(=O)N(C)c4ccccc43)c2=O)=NC1c1ccccc1. The van der Waals surface area contributed by atoms with Crippen LogP contribution in [0.3, 0.4) is 0 Å². The van der Waals surface area contributed by atoms with Crippen molar-refractivity contribution in [2.75, 3.05) is 18.6 Å². The lowest BCUT2D eigenvalue weighted by Crippen LogP contribution is -2.36. The Hall–Kier alpha value is -3.78. The summed E-state index contributed by atoms with van der Waals surface area (Å²) >= 11 is 1.17. The van der Waals surface area contributed by atoms with Crippen molar-refractivity contribution < 1.29 is 14.3 Å². The van der Waals surface area contributed by atoms with Gasteiger partial charge in [0, 0.05) is 18.3 Å². The van der Waals surface area contributed by atoms with Crippen LogP contribution < -0.4 is 19.8 Å². The molecule has 0 radical (unpaired) electrons. The molecule has 8 heteroatoms. The quantitative estimate of drug-likeness (QED) is 0.563. The highest BCUT2D eigenvalue weighted by Gasteiger charge is 2.34. The first-order chi connectivity index (χ1) is 15.9. The normalized spacial score (nSPS) is 18.7. The third kappa shape index (κ3) is 3.17. The molecule has 0 saturated heterocycles. The third-order valence-corrected chi connectivity index (χ3v) is 6.96. The predicted octanol–water partition coefficient (Wildman–Crippen LogP) is 2.25. The maximum atomic E-state index is 13.6. The molecule has 0 N–H and O–H groups in total. The molecule has 3 heterocycles. The summed E-state index contributed by atoms with van der Waals surface area (Å²) in [5, 5.41) is 0. The fraction of sp³-hybridized carbons (Fsp3) is 0.200. The Morgan fingerprint density at radius 3 is 2.52 bits per heavy atom. The Labute approximate surface area is 193 Å². The minimum Gasteiger partial charge on any atom is -0.463 e. The van der Waals surface area contributed by atoms with Crippen LogP contribution in [0.1, 0.15) is 31.0 Å². The van der Waals surface area contributed by atoms with Gasteiger partial charge in [-0.2, -0.15) is 0 Å². The van der Waals surface area contributed by atoms with E-state index in [0.717, 1.165) is 11.3 Å². The van der Waals surface area contributed by atoms with Gasteiger partial charge in [-0.3, -0.25) is 14.2 Å². The smallest absolute Gasteiger partial charge is 0.338 e. The number of carbonyl (C=O) groups excluding carboxylic acids is 2. The van der Waals surface area contributed by atoms with E-state index in [0.29, 0.717) is 31.7 Å². The van der Waals surface area contributed by atoms with E-state index in [1.54, 1.807) is 25.8 Å². The first kappa shape index (κ1) is 21.1. The van der Waals surface area contributed by atoms with E-state index in [1.165, 1.54) is 15.9 Å². The predicted molar refractivity (Wildman–Crippen MR) is 126 cm³/mol. The lowest BCUT2D eigenvalue weighted by Gasteiger charge is -2.22. The zero-order valence-electron chi connectivity index (χ0n) is 18.4. The standard InChI is InChI=1S/C25H21N3O4S/c1-4-32-24(31)18-14(2)28-23(30)21(19-16-12-8-9-13-17(16)27(3)22(19)29)33-25(28)26-20(18)15-10-6-5-7-11-15/h5-13,20H,4H2,1-3H3. The summed E-state index contributed by atoms with van der Waals surface area (Å²) in [6.07, 6.45) is 0. The fourth-order valence-electron chi connectivity index (χ4n) is 4.33. The minimum absolute atomic E-state index is 0.212. The largest absolute Gasteiger partial charge is 0.463 e. The zero-order valence-corrected chi connectivity index (χ0v) is 19.2. The molecule has 33 heavy (non-hydrogen) atoms. The first-order valence-electron chi connectivity index (χ1n) is 10.6. The summed E-state index contributed by atoms with van der Waals surface area (Å²) < 4.78 is 7.04. The lowest BCUT2D eigenvalue weighted by atomic mass is 9.97. The molecule has 7 nitrogen and oxygen atoms in total.